The van der Waals surface area contributed by atoms with Gasteiger partial charge >= 0.3 is 0 Å². The molecule has 149 heavy (non-hydrogen) atoms. The number of hydrogen-bond acceptors (Lipinski definition) is 30. The Balaban J connectivity index is -0.000000795. The Labute approximate surface area is 915 Å². The Morgan fingerprint density at radius 1 is 0.342 bits per heavy atom. The minimum atomic E-state index is -0.157. The summed E-state index contributed by atoms with van der Waals surface area (Å²) in [5.41, 5.74) is 0.756. The van der Waals surface area contributed by atoms with Crippen LogP contribution in [0.2, 0.25) is 0 Å². The van der Waals surface area contributed by atoms with Gasteiger partial charge in [-0.2, -0.15) is 0 Å². The van der Waals surface area contributed by atoms with Crippen LogP contribution in [0.1, 0.15) is 250 Å². The first kappa shape index (κ1) is 148. The first-order chi connectivity index (χ1) is 70.2. The van der Waals surface area contributed by atoms with Crippen LogP contribution in [0.3, 0.4) is 0 Å². The molecule has 0 aromatic heterocycles. The molecule has 0 saturated carbocycles. The van der Waals surface area contributed by atoms with E-state index in [1.54, 1.807) is 6.26 Å². The van der Waals surface area contributed by atoms with Gasteiger partial charge in [0.2, 0.25) is 0 Å². The van der Waals surface area contributed by atoms with E-state index in [9.17, 15) is 0 Å². The molecule has 6 aliphatic rings. The molecule has 30 nitrogen and oxygen atoms in total. The molecule has 0 aromatic carbocycles. The summed E-state index contributed by atoms with van der Waals surface area (Å²) in [5.74, 6) is 0. The molecule has 6 heterocycles. The number of ether oxygens (including phenoxy) is 17. The van der Waals surface area contributed by atoms with E-state index < -0.39 is 0 Å². The lowest BCUT2D eigenvalue weighted by molar-refractivity contribution is -0.157. The van der Waals surface area contributed by atoms with Gasteiger partial charge < -0.3 is 100 Å². The molecule has 2 unspecified atom stereocenters. The maximum absolute atomic E-state index is 5.91. The fourth-order valence-electron chi connectivity index (χ4n) is 18.3. The van der Waals surface area contributed by atoms with Crippen LogP contribution in [-0.4, -0.2) is 410 Å². The number of likely N-dealkylation sites (tertiary alicyclic amines) is 4. The molecule has 0 spiro atoms. The fourth-order valence-corrected chi connectivity index (χ4v) is 18.3. The highest BCUT2D eigenvalue weighted by molar-refractivity contribution is 5.02. The van der Waals surface area contributed by atoms with E-state index in [0.29, 0.717) is 122 Å². The second-order valence-electron chi connectivity index (χ2n) is 44.6. The summed E-state index contributed by atoms with van der Waals surface area (Å²) in [5, 5.41) is 0. The molecule has 6 fully saturated rings. The number of piperazine rings is 1. The third-order valence-electron chi connectivity index (χ3n) is 28.1. The number of hydrogen-bond donors (Lipinski definition) is 0. The van der Waals surface area contributed by atoms with Crippen LogP contribution >= 0.6 is 0 Å². The minimum absolute atomic E-state index is 0.157. The molecule has 0 bridgehead atoms. The zero-order valence-electron chi connectivity index (χ0n) is 102. The lowest BCUT2D eigenvalue weighted by Gasteiger charge is -2.55. The zero-order chi connectivity index (χ0) is 114. The van der Waals surface area contributed by atoms with Gasteiger partial charge in [-0.05, 0) is 272 Å². The number of rotatable bonds is 64. The molecule has 30 heteroatoms. The van der Waals surface area contributed by atoms with Gasteiger partial charge in [0.1, 0.15) is 65.7 Å². The normalized spacial score (nSPS) is 18.9. The van der Waals surface area contributed by atoms with Crippen LogP contribution in [0, 0.1) is 0 Å². The van der Waals surface area contributed by atoms with Gasteiger partial charge in [-0.25, -0.2) is 0 Å². The number of piperidine rings is 4. The minimum Gasteiger partial charge on any atom is -0.502 e. The lowest BCUT2D eigenvalue weighted by atomic mass is 9.79. The van der Waals surface area contributed by atoms with Gasteiger partial charge in [-0.15, -0.1) is 0 Å². The molecule has 0 N–H and O–H groups in total. The van der Waals surface area contributed by atoms with Crippen molar-refractivity contribution in [2.75, 3.05) is 260 Å². The van der Waals surface area contributed by atoms with Crippen molar-refractivity contribution in [1.29, 1.82) is 0 Å². The van der Waals surface area contributed by atoms with Crippen molar-refractivity contribution in [3.05, 3.63) is 180 Å². The van der Waals surface area contributed by atoms with Crippen LogP contribution in [0.25, 0.3) is 0 Å². The standard InChI is InChI=1S/C21H39N3O3.2C14H27NO2.C12H22N2O2.C12H23NO.C11H21NO2.C10H19NO2.C10H21NO.C9H19NO.C6H13NO/c1-10-25-13-19(4,5)22-16-23(20(6,7)14-26-11-2)18-24(17-22)21(8,9)15-27-12-3;1-7-16-8-9-17-12-10-13(2,3)15(6)14(4,5)11-12;1-6-16-10-11-17-12-15-13(2,3)8-7-9-14(15,4)5;1-5-15-9-11-7-13(3)8-12(14(11)4)10-16-6-2;1-7-14-10-8-11(2,3)13(6)12(4,5)9-10;1-4-12(9-11-14-6-3)8-7-10-13-5-2;1-2-12-8-9-13-10-11-6-4-3-5-7-11;1-6-12-8-7-11(9(2)3)10(4)5;1-4-10(5-2)8-7-9-11-6-3;1-4-8-6-5-7(2)3/h10-12H,1-3,13-18H2,4-9H3;7,12H,1,8-11H2,2-6H3;6H,1,7-12H2,2-5H3;5-6,11-12H,1-2,7-10H2,3-4H3;7,10H,1,8-9H2,2-6H3;5-6H,2-4,7-11H2,1H3;2H,1,3-10H2;6,9-10H,1,7-8H2,2-5H3;6H,3-5,7-9H2,1-2H3;4H,1,5-6H2,2-3H3. The molecule has 6 rings (SSSR count). The zero-order valence-corrected chi connectivity index (χ0v) is 102. The van der Waals surface area contributed by atoms with Crippen molar-refractivity contribution in [3.63, 3.8) is 0 Å². The van der Waals surface area contributed by atoms with Crippen molar-refractivity contribution in [2.45, 2.75) is 336 Å². The smallest absolute Gasteiger partial charge is 0.111 e. The van der Waals surface area contributed by atoms with Gasteiger partial charge in [0, 0.05) is 117 Å². The van der Waals surface area contributed by atoms with Gasteiger partial charge in [0.05, 0.1) is 202 Å². The van der Waals surface area contributed by atoms with E-state index >= 15 is 0 Å². The predicted octanol–water partition coefficient (Wildman–Crippen LogP) is 21.8. The van der Waals surface area contributed by atoms with Crippen LogP contribution in [-0.2, 0) is 80.5 Å². The Bertz CT molecular complexity index is 3230. The molecule has 6 aliphatic heterocycles. The molecule has 2 atom stereocenters. The predicted molar refractivity (Wildman–Crippen MR) is 626 cm³/mol. The largest absolute Gasteiger partial charge is 0.502 e. The maximum atomic E-state index is 5.91. The average molecular weight is 2120 g/mol. The van der Waals surface area contributed by atoms with E-state index in [1.807, 2.05) is 14.1 Å². The summed E-state index contributed by atoms with van der Waals surface area (Å²) in [4.78, 5) is 30.7. The highest BCUT2D eigenvalue weighted by atomic mass is 16.5. The van der Waals surface area contributed by atoms with Gasteiger partial charge in [0.25, 0.3) is 0 Å². The number of likely N-dealkylation sites (N-methyl/N-ethyl adjacent to an activating group) is 4. The molecule has 0 radical (unpaired) electrons. The highest BCUT2D eigenvalue weighted by Gasteiger charge is 2.47. The first-order valence-corrected chi connectivity index (χ1v) is 54.6. The van der Waals surface area contributed by atoms with Crippen LogP contribution in [0.4, 0.5) is 0 Å². The van der Waals surface area contributed by atoms with Crippen molar-refractivity contribution >= 4 is 0 Å². The molecule has 0 amide bonds. The highest BCUT2D eigenvalue weighted by Crippen LogP contribution is 2.41. The molecule has 0 aliphatic carbocycles. The van der Waals surface area contributed by atoms with E-state index in [4.69, 9.17) is 80.5 Å². The third-order valence-corrected chi connectivity index (χ3v) is 28.1. The summed E-state index contributed by atoms with van der Waals surface area (Å²) in [6.45, 7) is 133. The van der Waals surface area contributed by atoms with Crippen LogP contribution < -0.4 is 0 Å². The van der Waals surface area contributed by atoms with Gasteiger partial charge in [-0.3, -0.25) is 44.1 Å². The molecule has 874 valence electrons. The fraction of sp³-hybridized carbons (Fsp3) is 0.765. The van der Waals surface area contributed by atoms with Crippen LogP contribution in [0.5, 0.6) is 0 Å². The molecular formula is C119H231N13O17. The van der Waals surface area contributed by atoms with E-state index in [0.717, 1.165) is 157 Å². The van der Waals surface area contributed by atoms with Crippen molar-refractivity contribution in [2.24, 2.45) is 0 Å². The summed E-state index contributed by atoms with van der Waals surface area (Å²) in [7, 11) is 12.6. The van der Waals surface area contributed by atoms with Gasteiger partial charge in [0.15, 0.2) is 0 Å². The SMILES string of the molecule is C=COC1CC(C)(C)N(C)C(C)(C)C1.C=COCC(C)(C)N1CN(C(C)(C)COC=C)CN(C(C)(C)COC=C)C1.C=COCC1CN(C)CC(COC=C)N1C.C=COCCCN(CC)CC.C=COCCCN(CC)CCOC=C.C=COCCN(C(C)C)C(C)C.C=COCCN(C)C.C=COCCOC1CC(C)(C)N(C)C(C)(C)C1.C=COCCOCN1C(C)(C)CCCC1(C)C.C=COCCOCN1CCCCC1. The maximum Gasteiger partial charge on any atom is 0.111 e. The summed E-state index contributed by atoms with van der Waals surface area (Å²) < 4.78 is 89.9. The Kier molecular flexibility index (Phi) is 84.7. The molecular weight excluding hydrogens is 1880 g/mol. The molecule has 6 saturated heterocycles. The van der Waals surface area contributed by atoms with E-state index in [-0.39, 0.29) is 49.9 Å². The van der Waals surface area contributed by atoms with Crippen molar-refractivity contribution < 1.29 is 80.5 Å². The van der Waals surface area contributed by atoms with Crippen molar-refractivity contribution in [1.82, 2.24) is 63.7 Å². The quantitative estimate of drug-likeness (QED) is 0.0411. The summed E-state index contributed by atoms with van der Waals surface area (Å²) in [6.07, 6.45) is 35.7. The Hall–Kier alpha value is -7.08. The number of nitrogens with zero attached hydrogens (tertiary/aromatic N) is 13. The lowest BCUT2D eigenvalue weighted by Crippen LogP contribution is -2.69. The molecule has 0 aromatic rings. The van der Waals surface area contributed by atoms with Crippen molar-refractivity contribution in [3.8, 4) is 0 Å². The Morgan fingerprint density at radius 2 is 0.664 bits per heavy atom. The first-order valence-electron chi connectivity index (χ1n) is 54.6. The second kappa shape index (κ2) is 85.2. The monoisotopic (exact) mass is 2110 g/mol. The summed E-state index contributed by atoms with van der Waals surface area (Å²) in [6, 6.07) is 1.93. The van der Waals surface area contributed by atoms with E-state index in [2.05, 4.69) is 357 Å². The summed E-state index contributed by atoms with van der Waals surface area (Å²) >= 11 is 0. The van der Waals surface area contributed by atoms with E-state index in [1.165, 1.54) is 133 Å². The topological polar surface area (TPSA) is 199 Å². The second-order valence-corrected chi connectivity index (χ2v) is 44.6. The van der Waals surface area contributed by atoms with Gasteiger partial charge in [-0.1, -0.05) is 119 Å². The van der Waals surface area contributed by atoms with Crippen LogP contribution in [0.15, 0.2) is 180 Å². The Morgan fingerprint density at radius 3 is 1.01 bits per heavy atom. The average Bonchev–Trinajstić information content (AvgIpc) is 0.803. The third kappa shape index (κ3) is 69.4.